The monoisotopic (exact) mass is 314 g/mol. The number of rotatable bonds is 1. The summed E-state index contributed by atoms with van der Waals surface area (Å²) in [7, 11) is 3.71. The predicted molar refractivity (Wildman–Crippen MR) is 83.6 cm³/mol. The Balaban J connectivity index is 1.85. The Kier molecular flexibility index (Phi) is 2.98. The quantitative estimate of drug-likeness (QED) is 0.795. The smallest absolute Gasteiger partial charge is 0.223 e. The van der Waals surface area contributed by atoms with Crippen LogP contribution in [0, 0.1) is 11.8 Å². The van der Waals surface area contributed by atoms with Crippen LogP contribution in [0.3, 0.4) is 0 Å². The lowest BCUT2D eigenvalue weighted by Crippen LogP contribution is -2.46. The van der Waals surface area contributed by atoms with Gasteiger partial charge in [-0.05, 0) is 30.4 Å². The lowest BCUT2D eigenvalue weighted by atomic mass is 9.56. The van der Waals surface area contributed by atoms with Crippen LogP contribution in [0.4, 0.5) is 0 Å². The van der Waals surface area contributed by atoms with Gasteiger partial charge in [0, 0.05) is 30.4 Å². The first-order chi connectivity index (χ1) is 10.9. The molecule has 2 heterocycles. The van der Waals surface area contributed by atoms with Crippen LogP contribution in [0.5, 0.6) is 0 Å². The number of carbonyl (C=O) groups excluding carboxylic acids is 1. The molecule has 122 valence electrons. The van der Waals surface area contributed by atoms with E-state index in [4.69, 9.17) is 5.10 Å². The fourth-order valence-electron chi connectivity index (χ4n) is 4.66. The molecule has 0 bridgehead atoms. The normalized spacial score (nSPS) is 30.2. The first-order valence-electron chi connectivity index (χ1n) is 8.25. The van der Waals surface area contributed by atoms with Gasteiger partial charge >= 0.3 is 0 Å². The van der Waals surface area contributed by atoms with Crippen molar-refractivity contribution in [3.8, 4) is 11.5 Å². The molecule has 0 unspecified atom stereocenters. The molecule has 7 nitrogen and oxygen atoms in total. The van der Waals surface area contributed by atoms with Crippen LogP contribution in [0.2, 0.25) is 0 Å². The molecule has 0 aromatic carbocycles. The topological polar surface area (TPSA) is 78.5 Å². The van der Waals surface area contributed by atoms with Crippen LogP contribution in [0.1, 0.15) is 44.4 Å². The molecule has 2 aliphatic carbocycles. The van der Waals surface area contributed by atoms with Gasteiger partial charge in [-0.25, -0.2) is 0 Å². The van der Waals surface area contributed by atoms with Gasteiger partial charge in [0.25, 0.3) is 0 Å². The third-order valence-electron chi connectivity index (χ3n) is 5.93. The molecule has 3 atom stereocenters. The molecule has 2 aliphatic rings. The summed E-state index contributed by atoms with van der Waals surface area (Å²) in [5.74, 6) is 1.55. The Morgan fingerprint density at radius 2 is 2.00 bits per heavy atom. The van der Waals surface area contributed by atoms with E-state index < -0.39 is 0 Å². The second-order valence-corrected chi connectivity index (χ2v) is 7.22. The van der Waals surface area contributed by atoms with E-state index in [0.717, 1.165) is 30.7 Å². The minimum atomic E-state index is -0.0286. The van der Waals surface area contributed by atoms with E-state index in [-0.39, 0.29) is 11.3 Å². The van der Waals surface area contributed by atoms with Gasteiger partial charge in [0.2, 0.25) is 5.82 Å². The van der Waals surface area contributed by atoms with E-state index in [9.17, 15) is 4.79 Å². The second-order valence-electron chi connectivity index (χ2n) is 7.22. The van der Waals surface area contributed by atoms with Crippen molar-refractivity contribution in [2.24, 2.45) is 25.9 Å². The van der Waals surface area contributed by atoms with Gasteiger partial charge < -0.3 is 0 Å². The van der Waals surface area contributed by atoms with Crippen molar-refractivity contribution in [1.29, 1.82) is 0 Å². The lowest BCUT2D eigenvalue weighted by Gasteiger charge is -2.46. The number of fused-ring (bicyclic) bond motifs is 3. The molecule has 0 aliphatic heterocycles. The van der Waals surface area contributed by atoms with Crippen LogP contribution in [0.25, 0.3) is 11.5 Å². The zero-order valence-electron chi connectivity index (χ0n) is 14.1. The molecular formula is C16H22N6O. The summed E-state index contributed by atoms with van der Waals surface area (Å²) in [5.41, 5.74) is 3.32. The number of Topliss-reactive ketones (excluding diaryl/α,β-unsaturated/α-hetero) is 1. The predicted octanol–water partition coefficient (Wildman–Crippen LogP) is 1.43. The van der Waals surface area contributed by atoms with E-state index in [1.165, 1.54) is 10.4 Å². The molecule has 7 heteroatoms. The molecule has 4 rings (SSSR count). The Morgan fingerprint density at radius 1 is 1.22 bits per heavy atom. The van der Waals surface area contributed by atoms with Crippen molar-refractivity contribution >= 4 is 5.78 Å². The zero-order chi connectivity index (χ0) is 16.4. The Bertz CT molecular complexity index is 791. The van der Waals surface area contributed by atoms with Gasteiger partial charge in [-0.3, -0.25) is 9.48 Å². The molecule has 1 fully saturated rings. The summed E-state index contributed by atoms with van der Waals surface area (Å²) < 4.78 is 1.89. The van der Waals surface area contributed by atoms with E-state index >= 15 is 0 Å². The maximum absolute atomic E-state index is 12.1. The lowest BCUT2D eigenvalue weighted by molar-refractivity contribution is -0.128. The van der Waals surface area contributed by atoms with Crippen molar-refractivity contribution in [2.75, 3.05) is 0 Å². The van der Waals surface area contributed by atoms with E-state index in [1.807, 2.05) is 11.7 Å². The molecule has 2 aromatic heterocycles. The van der Waals surface area contributed by atoms with Crippen LogP contribution < -0.4 is 0 Å². The third kappa shape index (κ3) is 1.91. The number of aryl methyl sites for hydroxylation is 2. The number of hydrogen-bond acceptors (Lipinski definition) is 5. The molecular weight excluding hydrogens is 292 g/mol. The molecule has 0 N–H and O–H groups in total. The molecule has 0 spiro atoms. The number of ketones is 1. The van der Waals surface area contributed by atoms with Gasteiger partial charge in [-0.1, -0.05) is 13.8 Å². The molecule has 0 amide bonds. The van der Waals surface area contributed by atoms with E-state index in [2.05, 4.69) is 29.3 Å². The highest BCUT2D eigenvalue weighted by Crippen LogP contribution is 2.51. The van der Waals surface area contributed by atoms with Gasteiger partial charge in [-0.2, -0.15) is 9.90 Å². The van der Waals surface area contributed by atoms with Gasteiger partial charge in [0.05, 0.1) is 12.7 Å². The maximum atomic E-state index is 12.1. The van der Waals surface area contributed by atoms with Crippen LogP contribution in [-0.2, 0) is 30.7 Å². The van der Waals surface area contributed by atoms with Crippen LogP contribution >= 0.6 is 0 Å². The number of tetrazole rings is 1. The second kappa shape index (κ2) is 4.72. The van der Waals surface area contributed by atoms with Gasteiger partial charge in [0.15, 0.2) is 0 Å². The molecule has 1 saturated carbocycles. The number of aromatic nitrogens is 6. The summed E-state index contributed by atoms with van der Waals surface area (Å²) in [4.78, 5) is 13.6. The third-order valence-corrected chi connectivity index (χ3v) is 5.93. The first-order valence-corrected chi connectivity index (χ1v) is 8.25. The fraction of sp³-hybridized carbons (Fsp3) is 0.688. The van der Waals surface area contributed by atoms with Gasteiger partial charge in [0.1, 0.15) is 11.5 Å². The van der Waals surface area contributed by atoms with Crippen LogP contribution in [0.15, 0.2) is 0 Å². The van der Waals surface area contributed by atoms with Crippen molar-refractivity contribution < 1.29 is 4.79 Å². The minimum absolute atomic E-state index is 0.0286. The molecule has 0 saturated heterocycles. The summed E-state index contributed by atoms with van der Waals surface area (Å²) in [6.45, 7) is 4.36. The van der Waals surface area contributed by atoms with Crippen LogP contribution in [-0.4, -0.2) is 35.8 Å². The highest BCUT2D eigenvalue weighted by molar-refractivity contribution is 5.82. The molecule has 0 radical (unpaired) electrons. The SMILES string of the molecule is C[C@@H]1C(=O)CC[C@]2(C)c3nn(C)c(-c4nnn(C)n4)c3CC[C@@H]12. The minimum Gasteiger partial charge on any atom is -0.299 e. The fourth-order valence-corrected chi connectivity index (χ4v) is 4.66. The number of carbonyl (C=O) groups is 1. The highest BCUT2D eigenvalue weighted by Gasteiger charge is 2.50. The Labute approximate surface area is 135 Å². The summed E-state index contributed by atoms with van der Waals surface area (Å²) in [6, 6.07) is 0. The summed E-state index contributed by atoms with van der Waals surface area (Å²) in [5, 5.41) is 17.3. The summed E-state index contributed by atoms with van der Waals surface area (Å²) in [6.07, 6.45) is 3.49. The Morgan fingerprint density at radius 3 is 2.70 bits per heavy atom. The van der Waals surface area contributed by atoms with Gasteiger partial charge in [-0.15, -0.1) is 10.2 Å². The summed E-state index contributed by atoms with van der Waals surface area (Å²) >= 11 is 0. The van der Waals surface area contributed by atoms with E-state index in [0.29, 0.717) is 23.9 Å². The largest absolute Gasteiger partial charge is 0.299 e. The first kappa shape index (κ1) is 14.5. The van der Waals surface area contributed by atoms with E-state index in [1.54, 1.807) is 7.05 Å². The number of nitrogens with zero attached hydrogens (tertiary/aromatic N) is 6. The molecule has 23 heavy (non-hydrogen) atoms. The maximum Gasteiger partial charge on any atom is 0.223 e. The van der Waals surface area contributed by atoms with Crippen molar-refractivity contribution in [2.45, 2.75) is 44.9 Å². The van der Waals surface area contributed by atoms with Crippen molar-refractivity contribution in [3.05, 3.63) is 11.3 Å². The standard InChI is InChI=1S/C16H22N6O/c1-9-11-6-5-10-13(15-17-20-22(4)19-15)21(3)18-14(10)16(11,2)8-7-12(9)23/h9,11H,5-8H2,1-4H3/t9-,11-,16-/m0/s1. The molecule has 2 aromatic rings. The Hall–Kier alpha value is -2.05. The number of hydrogen-bond donors (Lipinski definition) is 0. The average Bonchev–Trinajstić information content (AvgIpc) is 3.07. The highest BCUT2D eigenvalue weighted by atomic mass is 16.1. The average molecular weight is 314 g/mol. The zero-order valence-corrected chi connectivity index (χ0v) is 14.1. The van der Waals surface area contributed by atoms with Crippen molar-refractivity contribution in [1.82, 2.24) is 30.0 Å². The van der Waals surface area contributed by atoms with Crippen molar-refractivity contribution in [3.63, 3.8) is 0 Å².